The second-order valence-electron chi connectivity index (χ2n) is 4.59. The number of benzene rings is 1. The number of hydrogen-bond acceptors (Lipinski definition) is 8. The number of carbonyl (C=O) groups excluding carboxylic acids is 1. The lowest BCUT2D eigenvalue weighted by Gasteiger charge is -2.17. The summed E-state index contributed by atoms with van der Waals surface area (Å²) in [6, 6.07) is 4.14. The fraction of sp³-hybridized carbons (Fsp3) is 0.462. The van der Waals surface area contributed by atoms with Crippen molar-refractivity contribution in [3.05, 3.63) is 34.9 Å². The molecule has 0 aromatic heterocycles. The van der Waals surface area contributed by atoms with Crippen LogP contribution in [0.4, 0.5) is 0 Å². The summed E-state index contributed by atoms with van der Waals surface area (Å²) in [5.41, 5.74) is 0.620. The third-order valence-corrected chi connectivity index (χ3v) is 6.88. The van der Waals surface area contributed by atoms with Crippen molar-refractivity contribution in [3.63, 3.8) is 0 Å². The highest BCUT2D eigenvalue weighted by molar-refractivity contribution is 7.53. The summed E-state index contributed by atoms with van der Waals surface area (Å²) >= 11 is 0. The van der Waals surface area contributed by atoms with Gasteiger partial charge in [0.05, 0.1) is 18.3 Å². The van der Waals surface area contributed by atoms with Gasteiger partial charge in [0.25, 0.3) is 0 Å². The van der Waals surface area contributed by atoms with Crippen molar-refractivity contribution in [3.8, 4) is 0 Å². The molecule has 0 saturated carbocycles. The van der Waals surface area contributed by atoms with E-state index in [2.05, 4.69) is 0 Å². The fourth-order valence-electron chi connectivity index (χ4n) is 1.92. The van der Waals surface area contributed by atoms with Gasteiger partial charge in [0.2, 0.25) is 0 Å². The first-order chi connectivity index (χ1) is 10.7. The maximum Gasteiger partial charge on any atom is 0.334 e. The van der Waals surface area contributed by atoms with Gasteiger partial charge in [-0.15, -0.1) is 0 Å². The van der Waals surface area contributed by atoms with Crippen molar-refractivity contribution in [2.24, 2.45) is 0 Å². The molecule has 0 aliphatic carbocycles. The molecular formula is C13H19O8P2-. The molecule has 23 heavy (non-hydrogen) atoms. The lowest BCUT2D eigenvalue weighted by atomic mass is 10.1. The zero-order valence-corrected chi connectivity index (χ0v) is 15.1. The highest BCUT2D eigenvalue weighted by atomic mass is 31.2. The van der Waals surface area contributed by atoms with E-state index in [4.69, 9.17) is 18.1 Å². The van der Waals surface area contributed by atoms with Crippen LogP contribution < -0.4 is 5.11 Å². The van der Waals surface area contributed by atoms with Gasteiger partial charge in [0.1, 0.15) is 0 Å². The Kier molecular flexibility index (Phi) is 7.14. The minimum Gasteiger partial charge on any atom is -0.545 e. The van der Waals surface area contributed by atoms with Gasteiger partial charge in [-0.3, -0.25) is 9.13 Å². The van der Waals surface area contributed by atoms with Gasteiger partial charge < -0.3 is 28.0 Å². The van der Waals surface area contributed by atoms with E-state index in [1.54, 1.807) is 6.07 Å². The van der Waals surface area contributed by atoms with Crippen LogP contribution >= 0.6 is 15.2 Å². The van der Waals surface area contributed by atoms with Crippen LogP contribution in [0, 0.1) is 0 Å². The molecule has 0 fully saturated rings. The third-order valence-electron chi connectivity index (χ3n) is 3.15. The highest BCUT2D eigenvalue weighted by Crippen LogP contribution is 2.52. The molecule has 0 amide bonds. The Morgan fingerprint density at radius 1 is 0.870 bits per heavy atom. The molecule has 0 N–H and O–H groups in total. The van der Waals surface area contributed by atoms with Crippen molar-refractivity contribution in [2.75, 3.05) is 28.4 Å². The van der Waals surface area contributed by atoms with Gasteiger partial charge in [0, 0.05) is 28.4 Å². The maximum atomic E-state index is 12.2. The molecule has 10 heteroatoms. The van der Waals surface area contributed by atoms with E-state index in [0.29, 0.717) is 11.1 Å². The van der Waals surface area contributed by atoms with Gasteiger partial charge in [-0.2, -0.15) is 0 Å². The van der Waals surface area contributed by atoms with Gasteiger partial charge in [-0.25, -0.2) is 0 Å². The molecule has 0 radical (unpaired) electrons. The van der Waals surface area contributed by atoms with E-state index in [0.717, 1.165) is 0 Å². The number of carboxylic acids is 1. The lowest BCUT2D eigenvalue weighted by molar-refractivity contribution is -0.255. The number of rotatable bonds is 9. The average molecular weight is 365 g/mol. The van der Waals surface area contributed by atoms with Gasteiger partial charge in [0.15, 0.2) is 0 Å². The summed E-state index contributed by atoms with van der Waals surface area (Å²) in [7, 11) is -1.83. The second kappa shape index (κ2) is 8.20. The average Bonchev–Trinajstić information content (AvgIpc) is 2.54. The zero-order valence-electron chi connectivity index (χ0n) is 13.3. The van der Waals surface area contributed by atoms with E-state index in [-0.39, 0.29) is 17.9 Å². The van der Waals surface area contributed by atoms with Crippen LogP contribution in [-0.4, -0.2) is 34.4 Å². The van der Waals surface area contributed by atoms with Crippen LogP contribution in [0.15, 0.2) is 18.2 Å². The molecule has 8 nitrogen and oxygen atoms in total. The van der Waals surface area contributed by atoms with Gasteiger partial charge in [-0.1, -0.05) is 6.07 Å². The molecule has 0 saturated heterocycles. The van der Waals surface area contributed by atoms with E-state index in [9.17, 15) is 19.0 Å². The Morgan fingerprint density at radius 3 is 1.48 bits per heavy atom. The predicted octanol–water partition coefficient (Wildman–Crippen LogP) is 2.02. The normalized spacial score (nSPS) is 12.3. The van der Waals surface area contributed by atoms with Crippen molar-refractivity contribution < 1.29 is 37.1 Å². The first-order valence-electron chi connectivity index (χ1n) is 6.46. The van der Waals surface area contributed by atoms with Crippen molar-refractivity contribution in [2.45, 2.75) is 12.3 Å². The van der Waals surface area contributed by atoms with Crippen LogP contribution in [0.5, 0.6) is 0 Å². The largest absolute Gasteiger partial charge is 0.545 e. The van der Waals surface area contributed by atoms with Crippen LogP contribution in [-0.2, 0) is 39.5 Å². The third kappa shape index (κ3) is 5.53. The maximum absolute atomic E-state index is 12.2. The number of hydrogen-bond donors (Lipinski definition) is 0. The topological polar surface area (TPSA) is 111 Å². The van der Waals surface area contributed by atoms with Crippen LogP contribution in [0.1, 0.15) is 21.5 Å². The standard InChI is InChI=1S/C13H20O8P2/c1-18-22(16,19-2)8-10-5-11(7-12(6-10)13(14)15)9-23(17,20-3)21-4/h5-7H,8-9H2,1-4H3,(H,14,15)/p-1. The lowest BCUT2D eigenvalue weighted by Crippen LogP contribution is -2.22. The Bertz CT molecular complexity index is 595. The van der Waals surface area contributed by atoms with E-state index in [1.165, 1.54) is 40.6 Å². The molecule has 1 rings (SSSR count). The SMILES string of the molecule is COP(=O)(Cc1cc(CP(=O)(OC)OC)cc(C(=O)[O-])c1)OC. The van der Waals surface area contributed by atoms with Crippen LogP contribution in [0.2, 0.25) is 0 Å². The molecule has 1 aromatic rings. The molecule has 0 atom stereocenters. The summed E-state index contributed by atoms with van der Waals surface area (Å²) < 4.78 is 43.8. The Balaban J connectivity index is 3.25. The molecular weight excluding hydrogens is 346 g/mol. The number of aromatic carboxylic acids is 1. The summed E-state index contributed by atoms with van der Waals surface area (Å²) in [6.07, 6.45) is -0.281. The molecule has 0 spiro atoms. The first kappa shape index (κ1) is 20.0. The van der Waals surface area contributed by atoms with Gasteiger partial charge >= 0.3 is 15.2 Å². The van der Waals surface area contributed by atoms with Crippen LogP contribution in [0.25, 0.3) is 0 Å². The van der Waals surface area contributed by atoms with E-state index in [1.807, 2.05) is 0 Å². The minimum absolute atomic E-state index is 0.140. The van der Waals surface area contributed by atoms with Gasteiger partial charge in [-0.05, 0) is 28.8 Å². The highest BCUT2D eigenvalue weighted by Gasteiger charge is 2.25. The second-order valence-corrected chi connectivity index (χ2v) is 9.13. The minimum atomic E-state index is -3.38. The predicted molar refractivity (Wildman–Crippen MR) is 81.4 cm³/mol. The Hall–Kier alpha value is -1.01. The van der Waals surface area contributed by atoms with E-state index >= 15 is 0 Å². The molecule has 0 aliphatic rings. The summed E-state index contributed by atoms with van der Waals surface area (Å²) in [5.74, 6) is -1.41. The van der Waals surface area contributed by atoms with E-state index < -0.39 is 21.2 Å². The molecule has 0 aliphatic heterocycles. The number of carboxylic acid groups (broad SMARTS) is 1. The summed E-state index contributed by atoms with van der Waals surface area (Å²) in [5, 5.41) is 11.1. The first-order valence-corrected chi connectivity index (χ1v) is 9.91. The smallest absolute Gasteiger partial charge is 0.334 e. The summed E-state index contributed by atoms with van der Waals surface area (Å²) in [4.78, 5) is 11.1. The molecule has 0 heterocycles. The summed E-state index contributed by atoms with van der Waals surface area (Å²) in [6.45, 7) is 0. The molecule has 130 valence electrons. The number of carbonyl (C=O) groups is 1. The molecule has 0 unspecified atom stereocenters. The molecule has 0 bridgehead atoms. The van der Waals surface area contributed by atoms with Crippen LogP contribution in [0.3, 0.4) is 0 Å². The van der Waals surface area contributed by atoms with Crippen molar-refractivity contribution in [1.82, 2.24) is 0 Å². The molecule has 1 aromatic carbocycles. The Morgan fingerprint density at radius 2 is 1.22 bits per heavy atom. The Labute approximate surface area is 134 Å². The quantitative estimate of drug-likeness (QED) is 0.611. The fourth-order valence-corrected chi connectivity index (χ4v) is 3.99. The van der Waals surface area contributed by atoms with Crippen molar-refractivity contribution >= 4 is 21.2 Å². The zero-order chi connectivity index (χ0) is 17.7. The monoisotopic (exact) mass is 365 g/mol. The van der Waals surface area contributed by atoms with Crippen molar-refractivity contribution in [1.29, 1.82) is 0 Å².